The Bertz CT molecular complexity index is 1530. The summed E-state index contributed by atoms with van der Waals surface area (Å²) in [7, 11) is 1.56. The monoisotopic (exact) mass is 485 g/mol. The fourth-order valence-corrected chi connectivity index (χ4v) is 3.98. The summed E-state index contributed by atoms with van der Waals surface area (Å²) in [6.45, 7) is 4.28. The minimum Gasteiger partial charge on any atom is -0.495 e. The number of hydrogen-bond acceptors (Lipinski definition) is 6. The molecule has 35 heavy (non-hydrogen) atoms. The number of carbonyl (C=O) groups excluding carboxylic acids is 1. The zero-order chi connectivity index (χ0) is 24.5. The molecule has 0 saturated carbocycles. The van der Waals surface area contributed by atoms with Crippen molar-refractivity contribution in [3.05, 3.63) is 78.1 Å². The zero-order valence-corrected chi connectivity index (χ0v) is 20.2. The smallest absolute Gasteiger partial charge is 0.293 e. The summed E-state index contributed by atoms with van der Waals surface area (Å²) in [6, 6.07) is 20.6. The number of rotatable bonds is 5. The van der Waals surface area contributed by atoms with Crippen LogP contribution in [-0.4, -0.2) is 23.1 Å². The van der Waals surface area contributed by atoms with Gasteiger partial charge in [-0.1, -0.05) is 38.1 Å². The van der Waals surface area contributed by atoms with E-state index in [0.717, 1.165) is 16.5 Å². The van der Waals surface area contributed by atoms with Crippen LogP contribution in [0.5, 0.6) is 5.75 Å². The summed E-state index contributed by atoms with van der Waals surface area (Å²) in [6.07, 6.45) is 0. The van der Waals surface area contributed by atoms with Crippen LogP contribution in [-0.2, 0) is 0 Å². The van der Waals surface area contributed by atoms with E-state index in [1.54, 1.807) is 25.3 Å². The molecule has 0 unspecified atom stereocenters. The van der Waals surface area contributed by atoms with Gasteiger partial charge in [0.1, 0.15) is 16.8 Å². The van der Waals surface area contributed by atoms with Crippen LogP contribution in [0.4, 0.5) is 5.69 Å². The normalized spacial score (nSPS) is 11.2. The summed E-state index contributed by atoms with van der Waals surface area (Å²) in [4.78, 5) is 17.3. The molecule has 0 aliphatic rings. The number of amides is 1. The van der Waals surface area contributed by atoms with Crippen LogP contribution in [0.15, 0.2) is 75.6 Å². The van der Waals surface area contributed by atoms with Crippen LogP contribution < -0.4 is 15.4 Å². The Labute approximate surface area is 207 Å². The molecule has 2 N–H and O–H groups in total. The molecular formula is C27H23N3O4S. The molecule has 176 valence electrons. The maximum atomic E-state index is 12.6. The van der Waals surface area contributed by atoms with Gasteiger partial charge in [-0.25, -0.2) is 4.98 Å². The number of fused-ring (bicyclic) bond motifs is 2. The number of thiocarbonyl (C=S) groups is 1. The number of nitrogens with zero attached hydrogens (tertiary/aromatic N) is 1. The molecule has 0 radical (unpaired) electrons. The van der Waals surface area contributed by atoms with Gasteiger partial charge in [0.2, 0.25) is 5.89 Å². The van der Waals surface area contributed by atoms with E-state index in [1.165, 1.54) is 5.56 Å². The van der Waals surface area contributed by atoms with Gasteiger partial charge >= 0.3 is 0 Å². The van der Waals surface area contributed by atoms with Gasteiger partial charge in [-0.2, -0.15) is 0 Å². The topological polar surface area (TPSA) is 89.5 Å². The predicted octanol–water partition coefficient (Wildman–Crippen LogP) is 6.50. The van der Waals surface area contributed by atoms with Crippen molar-refractivity contribution in [2.24, 2.45) is 0 Å². The van der Waals surface area contributed by atoms with Gasteiger partial charge in [0, 0.05) is 10.9 Å². The van der Waals surface area contributed by atoms with Gasteiger partial charge < -0.3 is 18.9 Å². The first-order valence-corrected chi connectivity index (χ1v) is 11.5. The predicted molar refractivity (Wildman–Crippen MR) is 140 cm³/mol. The molecule has 7 nitrogen and oxygen atoms in total. The number of furan rings is 1. The highest BCUT2D eigenvalue weighted by Gasteiger charge is 2.16. The molecule has 0 fully saturated rings. The number of ether oxygens (including phenoxy) is 1. The molecular weight excluding hydrogens is 462 g/mol. The minimum atomic E-state index is -0.450. The first-order valence-electron chi connectivity index (χ1n) is 11.1. The van der Waals surface area contributed by atoms with Gasteiger partial charge in [0.15, 0.2) is 16.5 Å². The van der Waals surface area contributed by atoms with Crippen LogP contribution in [0.2, 0.25) is 0 Å². The Kier molecular flexibility index (Phi) is 5.96. The first-order chi connectivity index (χ1) is 16.9. The number of aromatic nitrogens is 1. The second-order valence-electron chi connectivity index (χ2n) is 8.37. The molecule has 2 heterocycles. The number of hydrogen-bond donors (Lipinski definition) is 2. The summed E-state index contributed by atoms with van der Waals surface area (Å²) < 4.78 is 17.1. The van der Waals surface area contributed by atoms with Crippen LogP contribution in [0, 0.1) is 0 Å². The third-order valence-corrected chi connectivity index (χ3v) is 5.85. The van der Waals surface area contributed by atoms with E-state index >= 15 is 0 Å². The lowest BCUT2D eigenvalue weighted by Crippen LogP contribution is -2.34. The molecule has 8 heteroatoms. The number of benzene rings is 3. The molecule has 0 spiro atoms. The van der Waals surface area contributed by atoms with Gasteiger partial charge in [-0.3, -0.25) is 10.1 Å². The maximum absolute atomic E-state index is 12.6. The Morgan fingerprint density at radius 2 is 1.83 bits per heavy atom. The standard InChI is InChI=1S/C27H23N3O4S/c1-15(2)16-8-11-23-20(12-16)28-26(34-23)18-9-10-22(32-3)19(13-18)29-27(35)30-25(31)24-14-17-6-4-5-7-21(17)33-24/h4-15H,1-3H3,(H2,29,30,31,35). The van der Waals surface area contributed by atoms with E-state index in [4.69, 9.17) is 25.8 Å². The second-order valence-corrected chi connectivity index (χ2v) is 8.78. The maximum Gasteiger partial charge on any atom is 0.293 e. The van der Waals surface area contributed by atoms with Crippen LogP contribution >= 0.6 is 12.2 Å². The van der Waals surface area contributed by atoms with Crippen molar-refractivity contribution in [3.63, 3.8) is 0 Å². The molecule has 0 saturated heterocycles. The van der Waals surface area contributed by atoms with Crippen molar-refractivity contribution < 1.29 is 18.4 Å². The van der Waals surface area contributed by atoms with Crippen LogP contribution in [0.3, 0.4) is 0 Å². The lowest BCUT2D eigenvalue weighted by atomic mass is 10.0. The van der Waals surface area contributed by atoms with Crippen molar-refractivity contribution in [2.75, 3.05) is 12.4 Å². The second kappa shape index (κ2) is 9.23. The molecule has 1 amide bonds. The Morgan fingerprint density at radius 1 is 1.00 bits per heavy atom. The molecule has 0 aliphatic heterocycles. The highest BCUT2D eigenvalue weighted by atomic mass is 32.1. The molecule has 0 aliphatic carbocycles. The number of anilines is 1. The number of para-hydroxylation sites is 1. The highest BCUT2D eigenvalue weighted by molar-refractivity contribution is 7.80. The van der Waals surface area contributed by atoms with E-state index in [2.05, 4.69) is 29.5 Å². The van der Waals surface area contributed by atoms with Crippen LogP contribution in [0.25, 0.3) is 33.5 Å². The average molecular weight is 486 g/mol. The number of nitrogens with one attached hydrogen (secondary N) is 2. The van der Waals surface area contributed by atoms with E-state index in [9.17, 15) is 4.79 Å². The Morgan fingerprint density at radius 3 is 2.60 bits per heavy atom. The Hall–Kier alpha value is -4.17. The van der Waals surface area contributed by atoms with Crippen molar-refractivity contribution >= 4 is 51.0 Å². The fourth-order valence-electron chi connectivity index (χ4n) is 3.78. The summed E-state index contributed by atoms with van der Waals surface area (Å²) in [5.41, 5.74) is 4.63. The van der Waals surface area contributed by atoms with E-state index in [-0.39, 0.29) is 10.9 Å². The third kappa shape index (κ3) is 4.61. The quantitative estimate of drug-likeness (QED) is 0.275. The number of methoxy groups -OCH3 is 1. The Balaban J connectivity index is 1.37. The fraction of sp³-hybridized carbons (Fsp3) is 0.148. The van der Waals surface area contributed by atoms with Crippen molar-refractivity contribution in [1.29, 1.82) is 0 Å². The molecule has 5 aromatic rings. The lowest BCUT2D eigenvalue weighted by molar-refractivity contribution is 0.0953. The summed E-state index contributed by atoms with van der Waals surface area (Å²) >= 11 is 5.37. The van der Waals surface area contributed by atoms with Gasteiger partial charge in [0.25, 0.3) is 5.91 Å². The molecule has 0 atom stereocenters. The summed E-state index contributed by atoms with van der Waals surface area (Å²) in [5, 5.41) is 6.61. The molecule has 3 aromatic carbocycles. The first kappa shape index (κ1) is 22.6. The lowest BCUT2D eigenvalue weighted by Gasteiger charge is -2.13. The van der Waals surface area contributed by atoms with Crippen molar-refractivity contribution in [1.82, 2.24) is 10.3 Å². The number of carbonyl (C=O) groups is 1. The van der Waals surface area contributed by atoms with E-state index in [0.29, 0.717) is 34.4 Å². The summed E-state index contributed by atoms with van der Waals surface area (Å²) in [5.74, 6) is 1.14. The van der Waals surface area contributed by atoms with E-state index < -0.39 is 5.91 Å². The molecule has 2 aromatic heterocycles. The largest absolute Gasteiger partial charge is 0.495 e. The zero-order valence-electron chi connectivity index (χ0n) is 19.4. The van der Waals surface area contributed by atoms with Crippen molar-refractivity contribution in [2.45, 2.75) is 19.8 Å². The highest BCUT2D eigenvalue weighted by Crippen LogP contribution is 2.32. The SMILES string of the molecule is COc1ccc(-c2nc3cc(C(C)C)ccc3o2)cc1NC(=S)NC(=O)c1cc2ccccc2o1. The van der Waals surface area contributed by atoms with E-state index in [1.807, 2.05) is 48.5 Å². The van der Waals surface area contributed by atoms with Gasteiger partial charge in [-0.15, -0.1) is 0 Å². The van der Waals surface area contributed by atoms with Gasteiger partial charge in [-0.05, 0) is 66.2 Å². The minimum absolute atomic E-state index is 0.102. The van der Waals surface area contributed by atoms with Gasteiger partial charge in [0.05, 0.1) is 12.8 Å². The average Bonchev–Trinajstić information content (AvgIpc) is 3.47. The molecule has 5 rings (SSSR count). The van der Waals surface area contributed by atoms with Crippen molar-refractivity contribution in [3.8, 4) is 17.2 Å². The third-order valence-electron chi connectivity index (χ3n) is 5.65. The molecule has 0 bridgehead atoms. The number of oxazole rings is 1. The van der Waals surface area contributed by atoms with Crippen LogP contribution in [0.1, 0.15) is 35.9 Å².